The normalized spacial score (nSPS) is 11.9. The topological polar surface area (TPSA) is 103 Å². The molecule has 0 atom stereocenters. The van der Waals surface area contributed by atoms with Crippen LogP contribution in [0.4, 0.5) is 5.69 Å². The predicted molar refractivity (Wildman–Crippen MR) is 163 cm³/mol. The summed E-state index contributed by atoms with van der Waals surface area (Å²) in [7, 11) is -4.28. The van der Waals surface area contributed by atoms with Gasteiger partial charge in [0.05, 0.1) is 17.0 Å². The first-order valence-corrected chi connectivity index (χ1v) is 15.2. The number of fused-ring (bicyclic) bond motifs is 1. The molecule has 1 heterocycles. The van der Waals surface area contributed by atoms with E-state index < -0.39 is 28.1 Å². The number of hydrogen-bond acceptors (Lipinski definition) is 7. The van der Waals surface area contributed by atoms with Gasteiger partial charge in [-0.3, -0.25) is 9.10 Å². The fourth-order valence-electron chi connectivity index (χ4n) is 4.44. The molecule has 0 aliphatic rings. The van der Waals surface area contributed by atoms with E-state index in [2.05, 4.69) is 10.1 Å². The zero-order chi connectivity index (χ0) is 30.1. The summed E-state index contributed by atoms with van der Waals surface area (Å²) >= 11 is 12.2. The first kappa shape index (κ1) is 29.6. The highest BCUT2D eigenvalue weighted by atomic mass is 35.5. The molecule has 11 heteroatoms. The Hall–Kier alpha value is -3.92. The summed E-state index contributed by atoms with van der Waals surface area (Å²) in [5.74, 6) is 0.163. The lowest BCUT2D eigenvalue weighted by molar-refractivity contribution is -0.152. The van der Waals surface area contributed by atoms with Crippen molar-refractivity contribution in [1.29, 1.82) is 0 Å². The Kier molecular flexibility index (Phi) is 8.28. The molecule has 0 aliphatic heterocycles. The Morgan fingerprint density at radius 3 is 2.33 bits per heavy atom. The Labute approximate surface area is 253 Å². The second-order valence-electron chi connectivity index (χ2n) is 10.6. The second-order valence-corrected chi connectivity index (χ2v) is 13.3. The number of anilines is 1. The molecular formula is C31H27Cl2N3O5S. The number of hydrogen-bond donors (Lipinski definition) is 0. The number of carbonyl (C=O) groups excluding carboxylic acids is 1. The SMILES string of the molecule is CC(C)(C)OC(=O)CN(c1ccc2c(-c3noc(Cc4ccccc4)n3)cccc2c1)S(=O)(=O)c1cc(Cl)cc(Cl)c1. The predicted octanol–water partition coefficient (Wildman–Crippen LogP) is 7.32. The van der Waals surface area contributed by atoms with Gasteiger partial charge in [0.1, 0.15) is 12.1 Å². The van der Waals surface area contributed by atoms with Crippen LogP contribution in [0.5, 0.6) is 0 Å². The molecule has 0 bridgehead atoms. The number of sulfonamides is 1. The zero-order valence-corrected chi connectivity index (χ0v) is 25.4. The van der Waals surface area contributed by atoms with Crippen molar-refractivity contribution >= 4 is 55.7 Å². The Morgan fingerprint density at radius 1 is 0.929 bits per heavy atom. The second kappa shape index (κ2) is 11.8. The van der Waals surface area contributed by atoms with E-state index >= 15 is 0 Å². The summed E-state index contributed by atoms with van der Waals surface area (Å²) in [6.45, 7) is 4.56. The Morgan fingerprint density at radius 2 is 1.64 bits per heavy atom. The molecule has 0 unspecified atom stereocenters. The van der Waals surface area contributed by atoms with E-state index in [-0.39, 0.29) is 20.6 Å². The molecule has 0 saturated carbocycles. The summed E-state index contributed by atoms with van der Waals surface area (Å²) in [6, 6.07) is 24.4. The van der Waals surface area contributed by atoms with Gasteiger partial charge in [0, 0.05) is 15.6 Å². The monoisotopic (exact) mass is 623 g/mol. The van der Waals surface area contributed by atoms with Crippen LogP contribution in [0.15, 0.2) is 94.3 Å². The minimum absolute atomic E-state index is 0.146. The van der Waals surface area contributed by atoms with Crippen LogP contribution < -0.4 is 4.31 Å². The summed E-state index contributed by atoms with van der Waals surface area (Å²) in [4.78, 5) is 17.3. The molecule has 4 aromatic carbocycles. The molecule has 0 radical (unpaired) electrons. The maximum absolute atomic E-state index is 13.9. The molecule has 0 spiro atoms. The first-order valence-electron chi connectivity index (χ1n) is 13.0. The van der Waals surface area contributed by atoms with Crippen molar-refractivity contribution in [3.8, 4) is 11.4 Å². The molecule has 5 aromatic rings. The van der Waals surface area contributed by atoms with Crippen molar-refractivity contribution in [3.63, 3.8) is 0 Å². The minimum Gasteiger partial charge on any atom is -0.459 e. The number of ether oxygens (including phenoxy) is 1. The van der Waals surface area contributed by atoms with Crippen molar-refractivity contribution in [2.45, 2.75) is 37.7 Å². The zero-order valence-electron chi connectivity index (χ0n) is 23.0. The third kappa shape index (κ3) is 6.75. The van der Waals surface area contributed by atoms with Crippen molar-refractivity contribution in [2.24, 2.45) is 0 Å². The van der Waals surface area contributed by atoms with Crippen LogP contribution in [0.3, 0.4) is 0 Å². The number of aromatic nitrogens is 2. The number of rotatable bonds is 8. The summed E-state index contributed by atoms with van der Waals surface area (Å²) in [5.41, 5.74) is 1.20. The third-order valence-electron chi connectivity index (χ3n) is 6.18. The number of halogens is 2. The van der Waals surface area contributed by atoms with Gasteiger partial charge in [-0.25, -0.2) is 8.42 Å². The molecule has 0 aliphatic carbocycles. The quantitative estimate of drug-likeness (QED) is 0.167. The summed E-state index contributed by atoms with van der Waals surface area (Å²) < 4.78 is 39.7. The summed E-state index contributed by atoms with van der Waals surface area (Å²) in [5, 5.41) is 5.95. The largest absolute Gasteiger partial charge is 0.459 e. The van der Waals surface area contributed by atoms with Crippen molar-refractivity contribution in [1.82, 2.24) is 10.1 Å². The third-order valence-corrected chi connectivity index (χ3v) is 8.36. The van der Waals surface area contributed by atoms with E-state index in [0.29, 0.717) is 29.1 Å². The smallest absolute Gasteiger partial charge is 0.327 e. The number of carbonyl (C=O) groups is 1. The number of esters is 1. The highest BCUT2D eigenvalue weighted by molar-refractivity contribution is 7.92. The van der Waals surface area contributed by atoms with Crippen molar-refractivity contribution < 1.29 is 22.5 Å². The van der Waals surface area contributed by atoms with Gasteiger partial charge in [0.2, 0.25) is 11.7 Å². The highest BCUT2D eigenvalue weighted by Crippen LogP contribution is 2.33. The number of nitrogens with zero attached hydrogens (tertiary/aromatic N) is 3. The molecule has 216 valence electrons. The van der Waals surface area contributed by atoms with Crippen LogP contribution in [0.25, 0.3) is 22.2 Å². The van der Waals surface area contributed by atoms with Crippen LogP contribution in [-0.4, -0.2) is 36.7 Å². The maximum Gasteiger partial charge on any atom is 0.327 e. The fourth-order valence-corrected chi connectivity index (χ4v) is 6.57. The minimum atomic E-state index is -4.28. The maximum atomic E-state index is 13.9. The van der Waals surface area contributed by atoms with Crippen molar-refractivity contribution in [2.75, 3.05) is 10.8 Å². The standard InChI is InChI=1S/C31H27Cl2N3O5S/c1-31(2,3)40-29(37)19-36(42(38,39)25-17-22(32)16-23(33)18-25)24-12-13-26-21(15-24)10-7-11-27(26)30-34-28(41-35-30)14-20-8-5-4-6-9-20/h4-13,15-18H,14,19H2,1-3H3. The highest BCUT2D eigenvalue weighted by Gasteiger charge is 2.30. The van der Waals surface area contributed by atoms with E-state index in [1.807, 2.05) is 48.5 Å². The number of benzene rings is 4. The van der Waals surface area contributed by atoms with Gasteiger partial charge >= 0.3 is 5.97 Å². The molecule has 5 rings (SSSR count). The average molecular weight is 625 g/mol. The Bertz CT molecular complexity index is 1850. The van der Waals surface area contributed by atoms with Gasteiger partial charge in [-0.15, -0.1) is 0 Å². The van der Waals surface area contributed by atoms with E-state index in [1.165, 1.54) is 18.2 Å². The molecule has 1 aromatic heterocycles. The van der Waals surface area contributed by atoms with E-state index in [1.54, 1.807) is 39.0 Å². The van der Waals surface area contributed by atoms with Crippen LogP contribution in [0.2, 0.25) is 10.0 Å². The fraction of sp³-hybridized carbons (Fsp3) is 0.194. The van der Waals surface area contributed by atoms with Crippen LogP contribution >= 0.6 is 23.2 Å². The molecule has 0 amide bonds. The van der Waals surface area contributed by atoms with Crippen LogP contribution in [0, 0.1) is 0 Å². The van der Waals surface area contributed by atoms with Gasteiger partial charge < -0.3 is 9.26 Å². The van der Waals surface area contributed by atoms with Gasteiger partial charge in [0.25, 0.3) is 10.0 Å². The van der Waals surface area contributed by atoms with Gasteiger partial charge in [0.15, 0.2) is 0 Å². The van der Waals surface area contributed by atoms with Gasteiger partial charge in [-0.2, -0.15) is 4.98 Å². The lowest BCUT2D eigenvalue weighted by Crippen LogP contribution is -2.39. The summed E-state index contributed by atoms with van der Waals surface area (Å²) in [6.07, 6.45) is 0.494. The van der Waals surface area contributed by atoms with Crippen LogP contribution in [-0.2, 0) is 26.0 Å². The van der Waals surface area contributed by atoms with Crippen molar-refractivity contribution in [3.05, 3.63) is 106 Å². The van der Waals surface area contributed by atoms with E-state index in [4.69, 9.17) is 32.5 Å². The molecule has 42 heavy (non-hydrogen) atoms. The van der Waals surface area contributed by atoms with Gasteiger partial charge in [-0.1, -0.05) is 83.0 Å². The van der Waals surface area contributed by atoms with Gasteiger partial charge in [-0.05, 0) is 67.4 Å². The molecule has 0 fully saturated rings. The molecule has 0 saturated heterocycles. The average Bonchev–Trinajstić information content (AvgIpc) is 3.38. The lowest BCUT2D eigenvalue weighted by Gasteiger charge is -2.27. The molecule has 0 N–H and O–H groups in total. The van der Waals surface area contributed by atoms with E-state index in [9.17, 15) is 13.2 Å². The first-order chi connectivity index (χ1) is 19.9. The molecular weight excluding hydrogens is 597 g/mol. The Balaban J connectivity index is 1.54. The van der Waals surface area contributed by atoms with E-state index in [0.717, 1.165) is 15.3 Å². The lowest BCUT2D eigenvalue weighted by atomic mass is 10.0. The van der Waals surface area contributed by atoms with Crippen LogP contribution in [0.1, 0.15) is 32.2 Å². The molecule has 8 nitrogen and oxygen atoms in total.